The number of pyridine rings is 2. The van der Waals surface area contributed by atoms with Crippen molar-refractivity contribution in [1.82, 2.24) is 20.3 Å². The predicted molar refractivity (Wildman–Crippen MR) is 173 cm³/mol. The molecule has 10 heteroatoms. The maximum absolute atomic E-state index is 14.2. The predicted octanol–water partition coefficient (Wildman–Crippen LogP) is 7.42. The van der Waals surface area contributed by atoms with E-state index in [1.807, 2.05) is 42.4 Å². The highest BCUT2D eigenvalue weighted by Crippen LogP contribution is 2.38. The van der Waals surface area contributed by atoms with E-state index in [0.29, 0.717) is 36.7 Å². The number of nitrogens with zero attached hydrogens (tertiary/aromatic N) is 4. The van der Waals surface area contributed by atoms with E-state index in [-0.39, 0.29) is 17.7 Å². The lowest BCUT2D eigenvalue weighted by Gasteiger charge is -2.35. The molecular formula is C34H45N5O4S. The minimum atomic E-state index is -0.991. The van der Waals surface area contributed by atoms with Gasteiger partial charge < -0.3 is 15.2 Å². The Morgan fingerprint density at radius 3 is 2.41 bits per heavy atom. The number of rotatable bonds is 10. The third kappa shape index (κ3) is 7.75. The summed E-state index contributed by atoms with van der Waals surface area (Å²) in [6.07, 6.45) is 10.1. The Labute approximate surface area is 264 Å². The molecule has 2 amide bonds. The van der Waals surface area contributed by atoms with Crippen LogP contribution in [0, 0.1) is 24.7 Å². The van der Waals surface area contributed by atoms with Crippen molar-refractivity contribution in [3.63, 3.8) is 0 Å². The normalized spacial score (nSPS) is 22.0. The van der Waals surface area contributed by atoms with E-state index in [2.05, 4.69) is 30.2 Å². The van der Waals surface area contributed by atoms with Gasteiger partial charge in [-0.15, -0.1) is 11.3 Å². The lowest BCUT2D eigenvalue weighted by atomic mass is 9.79. The Bertz CT molecular complexity index is 1430. The molecule has 0 aliphatic heterocycles. The van der Waals surface area contributed by atoms with Gasteiger partial charge in [-0.1, -0.05) is 13.8 Å². The summed E-state index contributed by atoms with van der Waals surface area (Å²) in [5.74, 6) is 3.01. The van der Waals surface area contributed by atoms with E-state index in [0.717, 1.165) is 84.0 Å². The molecule has 0 atom stereocenters. The number of carbonyl (C=O) groups is 2. The van der Waals surface area contributed by atoms with Gasteiger partial charge in [-0.25, -0.2) is 14.8 Å². The number of aromatic nitrogens is 3. The number of carboxylic acid groups (broad SMARTS) is 1. The van der Waals surface area contributed by atoms with Gasteiger partial charge in [0.1, 0.15) is 11.6 Å². The van der Waals surface area contributed by atoms with Crippen LogP contribution in [0.15, 0.2) is 36.7 Å². The van der Waals surface area contributed by atoms with Crippen LogP contribution in [-0.2, 0) is 4.79 Å². The quantitative estimate of drug-likeness (QED) is 0.242. The van der Waals surface area contributed by atoms with Gasteiger partial charge in [0.15, 0.2) is 0 Å². The van der Waals surface area contributed by atoms with Crippen molar-refractivity contribution in [2.75, 3.05) is 25.1 Å². The van der Waals surface area contributed by atoms with Crippen LogP contribution in [-0.4, -0.2) is 52.3 Å². The first-order valence-electron chi connectivity index (χ1n) is 15.9. The van der Waals surface area contributed by atoms with Crippen LogP contribution < -0.4 is 15.0 Å². The average molecular weight is 620 g/mol. The van der Waals surface area contributed by atoms with Crippen LogP contribution in [0.5, 0.6) is 5.75 Å². The molecule has 2 N–H and O–H groups in total. The fourth-order valence-corrected chi connectivity index (χ4v) is 7.60. The Kier molecular flexibility index (Phi) is 10.5. The van der Waals surface area contributed by atoms with Gasteiger partial charge in [-0.05, 0) is 100.0 Å². The summed E-state index contributed by atoms with van der Waals surface area (Å²) in [5.41, 5.74) is 3.08. The summed E-state index contributed by atoms with van der Waals surface area (Å²) in [6, 6.07) is 8.16. The highest BCUT2D eigenvalue weighted by atomic mass is 32.1. The first-order chi connectivity index (χ1) is 21.2. The minimum Gasteiger partial charge on any atom is -0.495 e. The largest absolute Gasteiger partial charge is 0.495 e. The first-order valence-corrected chi connectivity index (χ1v) is 16.7. The molecule has 5 rings (SSSR count). The second-order valence-electron chi connectivity index (χ2n) is 12.7. The molecule has 2 aliphatic carbocycles. The zero-order valence-corrected chi connectivity index (χ0v) is 27.1. The molecule has 3 heterocycles. The van der Waals surface area contributed by atoms with Crippen molar-refractivity contribution in [1.29, 1.82) is 0 Å². The van der Waals surface area contributed by atoms with E-state index < -0.39 is 6.09 Å². The molecule has 0 bridgehead atoms. The number of thiazole rings is 1. The molecule has 0 saturated heterocycles. The lowest BCUT2D eigenvalue weighted by Crippen LogP contribution is -2.42. The maximum atomic E-state index is 14.2. The van der Waals surface area contributed by atoms with Crippen molar-refractivity contribution in [3.05, 3.63) is 53.1 Å². The van der Waals surface area contributed by atoms with E-state index in [4.69, 9.17) is 19.8 Å². The summed E-state index contributed by atoms with van der Waals surface area (Å²) in [5, 5.41) is 12.6. The summed E-state index contributed by atoms with van der Waals surface area (Å²) in [6.45, 7) is 7.38. The van der Waals surface area contributed by atoms with E-state index in [1.165, 1.54) is 0 Å². The molecule has 9 nitrogen and oxygen atoms in total. The zero-order chi connectivity index (χ0) is 31.2. The van der Waals surface area contributed by atoms with Crippen LogP contribution in [0.2, 0.25) is 0 Å². The van der Waals surface area contributed by atoms with Crippen molar-refractivity contribution in [2.24, 2.45) is 17.8 Å². The van der Waals surface area contributed by atoms with Crippen LogP contribution in [0.3, 0.4) is 0 Å². The third-order valence-electron chi connectivity index (χ3n) is 9.31. The van der Waals surface area contributed by atoms with Crippen molar-refractivity contribution >= 4 is 29.2 Å². The van der Waals surface area contributed by atoms with Crippen molar-refractivity contribution in [3.8, 4) is 16.2 Å². The van der Waals surface area contributed by atoms with E-state index in [9.17, 15) is 9.59 Å². The first kappa shape index (κ1) is 31.9. The van der Waals surface area contributed by atoms with Gasteiger partial charge >= 0.3 is 6.09 Å². The number of methoxy groups -OCH3 is 1. The van der Waals surface area contributed by atoms with E-state index >= 15 is 0 Å². The Hall–Kier alpha value is -3.53. The molecule has 3 aromatic rings. The highest BCUT2D eigenvalue weighted by Gasteiger charge is 2.33. The van der Waals surface area contributed by atoms with Gasteiger partial charge in [-0.3, -0.25) is 14.7 Å². The van der Waals surface area contributed by atoms with Crippen LogP contribution in [0.4, 0.5) is 10.6 Å². The summed E-state index contributed by atoms with van der Waals surface area (Å²) < 4.78 is 5.40. The molecule has 44 heavy (non-hydrogen) atoms. The molecule has 2 aliphatic rings. The van der Waals surface area contributed by atoms with Gasteiger partial charge in [0.25, 0.3) is 0 Å². The second kappa shape index (κ2) is 14.5. The SMILES string of the molecule is COc1ccc(C2CCC(CN(C(=O)C3CCC(CNC(=O)O)CC3)c3cc(-c4cnc(C(C)C)s4)ccn3)CC2)nc1C. The smallest absolute Gasteiger partial charge is 0.404 e. The molecule has 0 aromatic carbocycles. The number of ether oxygens (including phenoxy) is 1. The van der Waals surface area contributed by atoms with E-state index in [1.54, 1.807) is 18.4 Å². The van der Waals surface area contributed by atoms with Crippen LogP contribution in [0.1, 0.15) is 93.4 Å². The molecule has 2 fully saturated rings. The monoisotopic (exact) mass is 619 g/mol. The summed E-state index contributed by atoms with van der Waals surface area (Å²) >= 11 is 1.69. The highest BCUT2D eigenvalue weighted by molar-refractivity contribution is 7.15. The number of aryl methyl sites for hydroxylation is 1. The van der Waals surface area contributed by atoms with Crippen LogP contribution in [0.25, 0.3) is 10.4 Å². The van der Waals surface area contributed by atoms with Crippen molar-refractivity contribution < 1.29 is 19.4 Å². The van der Waals surface area contributed by atoms with Crippen LogP contribution >= 0.6 is 11.3 Å². The Morgan fingerprint density at radius 1 is 1.05 bits per heavy atom. The number of carbonyl (C=O) groups excluding carboxylic acids is 1. The lowest BCUT2D eigenvalue weighted by molar-refractivity contribution is -0.123. The average Bonchev–Trinajstić information content (AvgIpc) is 3.54. The Morgan fingerprint density at radius 2 is 1.77 bits per heavy atom. The molecule has 236 valence electrons. The molecule has 3 aromatic heterocycles. The number of hydrogen-bond donors (Lipinski definition) is 2. The summed E-state index contributed by atoms with van der Waals surface area (Å²) in [7, 11) is 1.68. The molecule has 0 radical (unpaired) electrons. The topological polar surface area (TPSA) is 118 Å². The third-order valence-corrected chi connectivity index (χ3v) is 10.7. The molecule has 2 saturated carbocycles. The number of hydrogen-bond acceptors (Lipinski definition) is 7. The summed E-state index contributed by atoms with van der Waals surface area (Å²) in [4.78, 5) is 42.4. The fraction of sp³-hybridized carbons (Fsp3) is 0.559. The number of anilines is 1. The standard InChI is InChI=1S/C34H45N5O4S/c1-21(2)32-36-19-30(44-32)27-15-16-35-31(17-27)39(33(40)26-11-5-23(6-12-26)18-37-34(41)42)20-24-7-9-25(10-8-24)28-13-14-29(43-4)22(3)38-28/h13-17,19,21,23-26,37H,5-12,18,20H2,1-4H3,(H,41,42). The number of nitrogens with one attached hydrogen (secondary N) is 1. The second-order valence-corrected chi connectivity index (χ2v) is 13.8. The Balaban J connectivity index is 1.31. The van der Waals surface area contributed by atoms with Gasteiger partial charge in [0.05, 0.1) is 22.7 Å². The van der Waals surface area contributed by atoms with Crippen molar-refractivity contribution in [2.45, 2.75) is 84.0 Å². The van der Waals surface area contributed by atoms with Gasteiger partial charge in [0.2, 0.25) is 5.91 Å². The molecule has 0 spiro atoms. The molecular weight excluding hydrogens is 574 g/mol. The maximum Gasteiger partial charge on any atom is 0.404 e. The minimum absolute atomic E-state index is 0.0831. The molecule has 0 unspecified atom stereocenters. The van der Waals surface area contributed by atoms with Gasteiger partial charge in [0, 0.05) is 48.9 Å². The van der Waals surface area contributed by atoms with Gasteiger partial charge in [-0.2, -0.15) is 0 Å². The number of amides is 2. The fourth-order valence-electron chi connectivity index (χ4n) is 6.68. The zero-order valence-electron chi connectivity index (χ0n) is 26.3.